The highest BCUT2D eigenvalue weighted by Crippen LogP contribution is 2.28. The zero-order valence-corrected chi connectivity index (χ0v) is 16.7. The van der Waals surface area contributed by atoms with Crippen molar-refractivity contribution in [2.24, 2.45) is 0 Å². The molecule has 0 amide bonds. The third kappa shape index (κ3) is 3.66. The van der Waals surface area contributed by atoms with Crippen molar-refractivity contribution in [3.63, 3.8) is 0 Å². The molecule has 0 saturated carbocycles. The summed E-state index contributed by atoms with van der Waals surface area (Å²) in [4.78, 5) is 26.7. The molecule has 5 nitrogen and oxygen atoms in total. The standard InChI is InChI=1S/C21H17ClN4OS/c1-28-10-9-26-13-24-20-17(21(26)27)11-18(14-4-6-16(22)7-5-14)25-19(20)15-3-2-8-23-12-15/h2-8,11-13H,9-10H2,1H3. The topological polar surface area (TPSA) is 60.7 Å². The van der Waals surface area contributed by atoms with Crippen LogP contribution in [0.5, 0.6) is 0 Å². The van der Waals surface area contributed by atoms with Crippen LogP contribution in [-0.2, 0) is 6.54 Å². The Morgan fingerprint density at radius 1 is 1.14 bits per heavy atom. The Hall–Kier alpha value is -2.70. The van der Waals surface area contributed by atoms with E-state index in [0.717, 1.165) is 16.9 Å². The van der Waals surface area contributed by atoms with E-state index in [-0.39, 0.29) is 5.56 Å². The molecule has 0 radical (unpaired) electrons. The smallest absolute Gasteiger partial charge is 0.261 e. The lowest BCUT2D eigenvalue weighted by Gasteiger charge is -2.11. The number of aromatic nitrogens is 4. The van der Waals surface area contributed by atoms with Gasteiger partial charge in [0.05, 0.1) is 23.1 Å². The van der Waals surface area contributed by atoms with Crippen molar-refractivity contribution in [1.82, 2.24) is 19.5 Å². The average Bonchev–Trinajstić information content (AvgIpc) is 2.74. The van der Waals surface area contributed by atoms with Gasteiger partial charge in [0.25, 0.3) is 5.56 Å². The summed E-state index contributed by atoms with van der Waals surface area (Å²) in [5.74, 6) is 0.845. The molecule has 0 aliphatic carbocycles. The molecule has 4 rings (SSSR count). The summed E-state index contributed by atoms with van der Waals surface area (Å²) in [6.07, 6.45) is 7.05. The van der Waals surface area contributed by atoms with Crippen LogP contribution in [0.2, 0.25) is 5.02 Å². The van der Waals surface area contributed by atoms with E-state index in [9.17, 15) is 4.79 Å². The van der Waals surface area contributed by atoms with Crippen molar-refractivity contribution >= 4 is 34.3 Å². The van der Waals surface area contributed by atoms with Crippen molar-refractivity contribution in [1.29, 1.82) is 0 Å². The number of thioether (sulfide) groups is 1. The number of hydrogen-bond acceptors (Lipinski definition) is 5. The molecule has 140 valence electrons. The van der Waals surface area contributed by atoms with Crippen LogP contribution in [0.15, 0.2) is 66.0 Å². The molecule has 0 unspecified atom stereocenters. The lowest BCUT2D eigenvalue weighted by molar-refractivity contribution is 0.725. The Balaban J connectivity index is 1.99. The molecule has 3 aromatic heterocycles. The summed E-state index contributed by atoms with van der Waals surface area (Å²) in [6, 6.07) is 13.0. The molecule has 28 heavy (non-hydrogen) atoms. The van der Waals surface area contributed by atoms with E-state index in [1.165, 1.54) is 0 Å². The number of benzene rings is 1. The van der Waals surface area contributed by atoms with E-state index in [1.807, 2.05) is 48.7 Å². The quantitative estimate of drug-likeness (QED) is 0.485. The molecular weight excluding hydrogens is 392 g/mol. The highest BCUT2D eigenvalue weighted by atomic mass is 35.5. The third-order valence-corrected chi connectivity index (χ3v) is 5.26. The first-order valence-electron chi connectivity index (χ1n) is 8.73. The monoisotopic (exact) mass is 408 g/mol. The van der Waals surface area contributed by atoms with Crippen molar-refractivity contribution in [2.45, 2.75) is 6.54 Å². The largest absolute Gasteiger partial charge is 0.298 e. The SMILES string of the molecule is CSCCn1cnc2c(-c3cccnc3)nc(-c3ccc(Cl)cc3)cc2c1=O. The van der Waals surface area contributed by atoms with Crippen LogP contribution in [0.4, 0.5) is 0 Å². The molecular formula is C21H17ClN4OS. The molecule has 1 aromatic carbocycles. The number of pyridine rings is 2. The van der Waals surface area contributed by atoms with E-state index < -0.39 is 0 Å². The predicted octanol–water partition coefficient (Wildman–Crippen LogP) is 4.54. The maximum atomic E-state index is 13.1. The molecule has 0 bridgehead atoms. The minimum absolute atomic E-state index is 0.0678. The minimum atomic E-state index is -0.0678. The van der Waals surface area contributed by atoms with Crippen molar-refractivity contribution < 1.29 is 0 Å². The second kappa shape index (κ2) is 8.12. The Morgan fingerprint density at radius 2 is 1.96 bits per heavy atom. The summed E-state index contributed by atoms with van der Waals surface area (Å²) in [7, 11) is 0. The van der Waals surface area contributed by atoms with Gasteiger partial charge in [0.1, 0.15) is 5.52 Å². The number of rotatable bonds is 5. The van der Waals surface area contributed by atoms with Crippen molar-refractivity contribution in [3.8, 4) is 22.5 Å². The Kier molecular flexibility index (Phi) is 5.41. The summed E-state index contributed by atoms with van der Waals surface area (Å²) in [5, 5.41) is 1.19. The van der Waals surface area contributed by atoms with E-state index in [4.69, 9.17) is 16.6 Å². The van der Waals surface area contributed by atoms with Crippen LogP contribution in [0.25, 0.3) is 33.4 Å². The number of nitrogens with zero attached hydrogens (tertiary/aromatic N) is 4. The first-order chi connectivity index (χ1) is 13.7. The molecule has 0 aliphatic heterocycles. The molecule has 0 atom stereocenters. The fourth-order valence-electron chi connectivity index (χ4n) is 2.99. The highest BCUT2D eigenvalue weighted by molar-refractivity contribution is 7.98. The van der Waals surface area contributed by atoms with Gasteiger partial charge in [-0.05, 0) is 36.6 Å². The minimum Gasteiger partial charge on any atom is -0.298 e. The fourth-order valence-corrected chi connectivity index (χ4v) is 3.49. The van der Waals surface area contributed by atoms with Gasteiger partial charge < -0.3 is 0 Å². The van der Waals surface area contributed by atoms with Gasteiger partial charge in [0.15, 0.2) is 0 Å². The number of halogens is 1. The summed E-state index contributed by atoms with van der Waals surface area (Å²) < 4.78 is 1.65. The normalized spacial score (nSPS) is 11.1. The second-order valence-electron chi connectivity index (χ2n) is 6.24. The van der Waals surface area contributed by atoms with E-state index in [2.05, 4.69) is 9.97 Å². The van der Waals surface area contributed by atoms with Gasteiger partial charge in [-0.15, -0.1) is 0 Å². The van der Waals surface area contributed by atoms with Crippen LogP contribution >= 0.6 is 23.4 Å². The zero-order chi connectivity index (χ0) is 19.5. The average molecular weight is 409 g/mol. The molecule has 0 spiro atoms. The van der Waals surface area contributed by atoms with Gasteiger partial charge in [-0.3, -0.25) is 14.3 Å². The molecule has 4 aromatic rings. The molecule has 0 fully saturated rings. The van der Waals surface area contributed by atoms with E-state index in [0.29, 0.717) is 33.9 Å². The van der Waals surface area contributed by atoms with Crippen molar-refractivity contribution in [3.05, 3.63) is 76.6 Å². The molecule has 0 saturated heterocycles. The van der Waals surface area contributed by atoms with E-state index in [1.54, 1.807) is 35.0 Å². The first-order valence-corrected chi connectivity index (χ1v) is 10.5. The van der Waals surface area contributed by atoms with Crippen LogP contribution in [0, 0.1) is 0 Å². The molecule has 3 heterocycles. The Bertz CT molecular complexity index is 1180. The zero-order valence-electron chi connectivity index (χ0n) is 15.2. The fraction of sp³-hybridized carbons (Fsp3) is 0.143. The second-order valence-corrected chi connectivity index (χ2v) is 7.66. The van der Waals surface area contributed by atoms with Crippen LogP contribution < -0.4 is 5.56 Å². The third-order valence-electron chi connectivity index (χ3n) is 4.42. The Morgan fingerprint density at radius 3 is 2.68 bits per heavy atom. The lowest BCUT2D eigenvalue weighted by atomic mass is 10.1. The van der Waals surface area contributed by atoms with E-state index >= 15 is 0 Å². The molecule has 0 N–H and O–H groups in total. The van der Waals surface area contributed by atoms with Crippen LogP contribution in [0.1, 0.15) is 0 Å². The summed E-state index contributed by atoms with van der Waals surface area (Å²) >= 11 is 7.71. The summed E-state index contributed by atoms with van der Waals surface area (Å²) in [5.41, 5.74) is 3.56. The summed E-state index contributed by atoms with van der Waals surface area (Å²) in [6.45, 7) is 0.615. The highest BCUT2D eigenvalue weighted by Gasteiger charge is 2.15. The lowest BCUT2D eigenvalue weighted by Crippen LogP contribution is -2.22. The molecule has 7 heteroatoms. The number of hydrogen-bond donors (Lipinski definition) is 0. The maximum absolute atomic E-state index is 13.1. The van der Waals surface area contributed by atoms with Gasteiger partial charge in [-0.1, -0.05) is 23.7 Å². The van der Waals surface area contributed by atoms with Gasteiger partial charge >= 0.3 is 0 Å². The number of aryl methyl sites for hydroxylation is 1. The van der Waals surface area contributed by atoms with Crippen molar-refractivity contribution in [2.75, 3.05) is 12.0 Å². The maximum Gasteiger partial charge on any atom is 0.261 e. The predicted molar refractivity (Wildman–Crippen MR) is 116 cm³/mol. The van der Waals surface area contributed by atoms with Gasteiger partial charge in [0, 0.05) is 40.8 Å². The molecule has 0 aliphatic rings. The first kappa shape index (κ1) is 18.7. The van der Waals surface area contributed by atoms with Gasteiger partial charge in [-0.25, -0.2) is 9.97 Å². The van der Waals surface area contributed by atoms with Gasteiger partial charge in [0.2, 0.25) is 0 Å². The van der Waals surface area contributed by atoms with Crippen LogP contribution in [0.3, 0.4) is 0 Å². The number of fused-ring (bicyclic) bond motifs is 1. The van der Waals surface area contributed by atoms with Gasteiger partial charge in [-0.2, -0.15) is 11.8 Å². The van der Waals surface area contributed by atoms with Crippen LogP contribution in [-0.4, -0.2) is 31.5 Å². The Labute approximate surface area is 171 Å².